The molecular weight excluding hydrogens is 230 g/mol. The van der Waals surface area contributed by atoms with Gasteiger partial charge in [0.05, 0.1) is 13.7 Å². The normalized spacial score (nSPS) is 10.9. The van der Waals surface area contributed by atoms with Gasteiger partial charge in [-0.1, -0.05) is 26.0 Å². The molecule has 0 aromatic heterocycles. The molecule has 0 atom stereocenters. The van der Waals surface area contributed by atoms with Gasteiger partial charge in [0.15, 0.2) is 0 Å². The molecular formula is C14H21NO3. The van der Waals surface area contributed by atoms with Crippen molar-refractivity contribution in [1.29, 1.82) is 0 Å². The number of ether oxygens (including phenoxy) is 2. The van der Waals surface area contributed by atoms with Gasteiger partial charge in [0.2, 0.25) is 0 Å². The molecule has 0 saturated heterocycles. The van der Waals surface area contributed by atoms with E-state index in [0.717, 1.165) is 11.3 Å². The van der Waals surface area contributed by atoms with Gasteiger partial charge in [-0.15, -0.1) is 0 Å². The van der Waals surface area contributed by atoms with Crippen molar-refractivity contribution in [3.05, 3.63) is 29.8 Å². The van der Waals surface area contributed by atoms with Crippen LogP contribution >= 0.6 is 0 Å². The maximum absolute atomic E-state index is 11.1. The maximum Gasteiger partial charge on any atom is 0.406 e. The van der Waals surface area contributed by atoms with E-state index in [0.29, 0.717) is 13.2 Å². The van der Waals surface area contributed by atoms with Crippen LogP contribution < -0.4 is 10.1 Å². The van der Waals surface area contributed by atoms with E-state index in [1.807, 2.05) is 31.2 Å². The fourth-order valence-electron chi connectivity index (χ4n) is 1.64. The van der Waals surface area contributed by atoms with Gasteiger partial charge < -0.3 is 14.8 Å². The molecule has 4 heteroatoms. The molecule has 0 aliphatic heterocycles. The van der Waals surface area contributed by atoms with Crippen molar-refractivity contribution in [2.75, 3.05) is 20.3 Å². The molecule has 4 nitrogen and oxygen atoms in total. The van der Waals surface area contributed by atoms with Crippen LogP contribution in [0.2, 0.25) is 0 Å². The summed E-state index contributed by atoms with van der Waals surface area (Å²) in [5.74, 6) is 0.859. The second kappa shape index (κ2) is 6.28. The quantitative estimate of drug-likeness (QED) is 0.875. The fraction of sp³-hybridized carbons (Fsp3) is 0.500. The van der Waals surface area contributed by atoms with E-state index in [2.05, 4.69) is 23.9 Å². The standard InChI is InChI=1S/C14H21NO3/c1-5-18-12-8-6-11(7-9-12)14(2,3)10-15-13(16)17-4/h6-9H,5,10H2,1-4H3,(H,15,16). The van der Waals surface area contributed by atoms with Crippen molar-refractivity contribution in [3.63, 3.8) is 0 Å². The van der Waals surface area contributed by atoms with Crippen LogP contribution in [0.3, 0.4) is 0 Å². The van der Waals surface area contributed by atoms with Crippen LogP contribution in [0.5, 0.6) is 5.75 Å². The highest BCUT2D eigenvalue weighted by atomic mass is 16.5. The molecule has 0 aliphatic rings. The monoisotopic (exact) mass is 251 g/mol. The fourth-order valence-corrected chi connectivity index (χ4v) is 1.64. The molecule has 0 heterocycles. The Hall–Kier alpha value is -1.71. The van der Waals surface area contributed by atoms with Crippen LogP contribution in [0.15, 0.2) is 24.3 Å². The third kappa shape index (κ3) is 3.95. The van der Waals surface area contributed by atoms with Gasteiger partial charge >= 0.3 is 6.09 Å². The summed E-state index contributed by atoms with van der Waals surface area (Å²) in [4.78, 5) is 11.1. The highest BCUT2D eigenvalue weighted by Crippen LogP contribution is 2.24. The summed E-state index contributed by atoms with van der Waals surface area (Å²) in [7, 11) is 1.36. The lowest BCUT2D eigenvalue weighted by molar-refractivity contribution is 0.168. The number of methoxy groups -OCH3 is 1. The molecule has 1 rings (SSSR count). The first-order valence-electron chi connectivity index (χ1n) is 6.04. The average Bonchev–Trinajstić information content (AvgIpc) is 2.37. The molecule has 0 fully saturated rings. The van der Waals surface area contributed by atoms with Gasteiger partial charge in [-0.2, -0.15) is 0 Å². The van der Waals surface area contributed by atoms with Gasteiger partial charge in [0, 0.05) is 12.0 Å². The van der Waals surface area contributed by atoms with Crippen molar-refractivity contribution < 1.29 is 14.3 Å². The SMILES string of the molecule is CCOc1ccc(C(C)(C)CNC(=O)OC)cc1. The summed E-state index contributed by atoms with van der Waals surface area (Å²) in [6.07, 6.45) is -0.408. The van der Waals surface area contributed by atoms with Crippen LogP contribution in [0, 0.1) is 0 Å². The summed E-state index contributed by atoms with van der Waals surface area (Å²) in [5, 5.41) is 2.72. The first-order chi connectivity index (χ1) is 8.49. The second-order valence-corrected chi connectivity index (χ2v) is 4.69. The smallest absolute Gasteiger partial charge is 0.406 e. The molecule has 18 heavy (non-hydrogen) atoms. The Kier molecular flexibility index (Phi) is 5.01. The van der Waals surface area contributed by atoms with Crippen LogP contribution in [-0.4, -0.2) is 26.4 Å². The summed E-state index contributed by atoms with van der Waals surface area (Å²) < 4.78 is 9.96. The van der Waals surface area contributed by atoms with Crippen LogP contribution in [0.25, 0.3) is 0 Å². The zero-order valence-corrected chi connectivity index (χ0v) is 11.4. The Morgan fingerprint density at radius 2 is 1.89 bits per heavy atom. The molecule has 0 unspecified atom stereocenters. The molecule has 1 N–H and O–H groups in total. The first kappa shape index (κ1) is 14.4. The lowest BCUT2D eigenvalue weighted by atomic mass is 9.84. The molecule has 0 spiro atoms. The predicted octanol–water partition coefficient (Wildman–Crippen LogP) is 2.72. The summed E-state index contributed by atoms with van der Waals surface area (Å²) in [6.45, 7) is 7.27. The number of hydrogen-bond acceptors (Lipinski definition) is 3. The summed E-state index contributed by atoms with van der Waals surface area (Å²) in [6, 6.07) is 7.92. The van der Waals surface area contributed by atoms with Crippen molar-refractivity contribution in [2.24, 2.45) is 0 Å². The third-order valence-electron chi connectivity index (χ3n) is 2.81. The molecule has 0 radical (unpaired) electrons. The molecule has 1 aromatic rings. The van der Waals surface area contributed by atoms with Crippen molar-refractivity contribution in [3.8, 4) is 5.75 Å². The van der Waals surface area contributed by atoms with E-state index in [-0.39, 0.29) is 5.41 Å². The number of hydrogen-bond donors (Lipinski definition) is 1. The lowest BCUT2D eigenvalue weighted by Crippen LogP contribution is -2.36. The van der Waals surface area contributed by atoms with Crippen molar-refractivity contribution in [2.45, 2.75) is 26.2 Å². The van der Waals surface area contributed by atoms with Gasteiger partial charge in [-0.25, -0.2) is 4.79 Å². The zero-order chi connectivity index (χ0) is 13.6. The molecule has 1 aromatic carbocycles. The Labute approximate surface area is 108 Å². The lowest BCUT2D eigenvalue weighted by Gasteiger charge is -2.25. The highest BCUT2D eigenvalue weighted by Gasteiger charge is 2.21. The average molecular weight is 251 g/mol. The molecule has 0 aliphatic carbocycles. The molecule has 0 saturated carbocycles. The van der Waals surface area contributed by atoms with E-state index >= 15 is 0 Å². The third-order valence-corrected chi connectivity index (χ3v) is 2.81. The Balaban J connectivity index is 2.68. The first-order valence-corrected chi connectivity index (χ1v) is 6.04. The van der Waals surface area contributed by atoms with E-state index in [4.69, 9.17) is 4.74 Å². The molecule has 1 amide bonds. The number of carbonyl (C=O) groups excluding carboxylic acids is 1. The van der Waals surface area contributed by atoms with Crippen molar-refractivity contribution >= 4 is 6.09 Å². The van der Waals surface area contributed by atoms with Gasteiger partial charge in [0.1, 0.15) is 5.75 Å². The van der Waals surface area contributed by atoms with E-state index in [1.54, 1.807) is 0 Å². The number of rotatable bonds is 5. The minimum Gasteiger partial charge on any atom is -0.494 e. The Morgan fingerprint density at radius 1 is 1.28 bits per heavy atom. The number of alkyl carbamates (subject to hydrolysis) is 1. The topological polar surface area (TPSA) is 47.6 Å². The summed E-state index contributed by atoms with van der Waals surface area (Å²) in [5.41, 5.74) is 0.987. The number of amides is 1. The van der Waals surface area contributed by atoms with E-state index in [9.17, 15) is 4.79 Å². The number of benzene rings is 1. The Morgan fingerprint density at radius 3 is 2.39 bits per heavy atom. The predicted molar refractivity (Wildman–Crippen MR) is 71.0 cm³/mol. The minimum absolute atomic E-state index is 0.154. The molecule has 100 valence electrons. The summed E-state index contributed by atoms with van der Waals surface area (Å²) >= 11 is 0. The molecule has 0 bridgehead atoms. The van der Waals surface area contributed by atoms with E-state index < -0.39 is 6.09 Å². The van der Waals surface area contributed by atoms with Gasteiger partial charge in [0.25, 0.3) is 0 Å². The minimum atomic E-state index is -0.408. The van der Waals surface area contributed by atoms with Crippen molar-refractivity contribution in [1.82, 2.24) is 5.32 Å². The van der Waals surface area contributed by atoms with Gasteiger partial charge in [-0.05, 0) is 24.6 Å². The maximum atomic E-state index is 11.1. The number of nitrogens with one attached hydrogen (secondary N) is 1. The zero-order valence-electron chi connectivity index (χ0n) is 11.4. The largest absolute Gasteiger partial charge is 0.494 e. The van der Waals surface area contributed by atoms with Gasteiger partial charge in [-0.3, -0.25) is 0 Å². The second-order valence-electron chi connectivity index (χ2n) is 4.69. The highest BCUT2D eigenvalue weighted by molar-refractivity contribution is 5.67. The number of carbonyl (C=O) groups is 1. The van der Waals surface area contributed by atoms with Crippen LogP contribution in [-0.2, 0) is 10.2 Å². The van der Waals surface area contributed by atoms with E-state index in [1.165, 1.54) is 7.11 Å². The van der Waals surface area contributed by atoms with Crippen LogP contribution in [0.4, 0.5) is 4.79 Å². The van der Waals surface area contributed by atoms with Crippen LogP contribution in [0.1, 0.15) is 26.3 Å². The Bertz CT molecular complexity index is 385.